The lowest BCUT2D eigenvalue weighted by molar-refractivity contribution is -0.118. The van der Waals surface area contributed by atoms with Crippen molar-refractivity contribution in [2.24, 2.45) is 5.10 Å². The van der Waals surface area contributed by atoms with Crippen molar-refractivity contribution in [1.29, 1.82) is 0 Å². The van der Waals surface area contributed by atoms with Gasteiger partial charge < -0.3 is 10.1 Å². The number of nitrogens with one attached hydrogen (secondary N) is 2. The summed E-state index contributed by atoms with van der Waals surface area (Å²) in [6.45, 7) is 3.84. The first-order valence-corrected chi connectivity index (χ1v) is 9.50. The van der Waals surface area contributed by atoms with Crippen molar-refractivity contribution < 1.29 is 14.3 Å². The fraction of sp³-hybridized carbons (Fsp3) is 0.125. The molecule has 0 unspecified atom stereocenters. The number of carbonyl (C=O) groups is 2. The summed E-state index contributed by atoms with van der Waals surface area (Å²) in [6, 6.07) is 21.8. The third-order valence-corrected chi connectivity index (χ3v) is 4.30. The van der Waals surface area contributed by atoms with Gasteiger partial charge in [-0.05, 0) is 55.3 Å². The third-order valence-electron chi connectivity index (χ3n) is 4.30. The van der Waals surface area contributed by atoms with Crippen molar-refractivity contribution >= 4 is 23.7 Å². The molecule has 6 heteroatoms. The fourth-order valence-corrected chi connectivity index (χ4v) is 2.79. The number of ether oxygens (including phenoxy) is 1. The number of benzene rings is 3. The van der Waals surface area contributed by atoms with E-state index in [9.17, 15) is 9.59 Å². The molecule has 0 aliphatic rings. The maximum absolute atomic E-state index is 12.2. The first-order chi connectivity index (χ1) is 14.5. The summed E-state index contributed by atoms with van der Waals surface area (Å²) in [7, 11) is 0. The Hall–Kier alpha value is -3.93. The second-order valence-electron chi connectivity index (χ2n) is 6.79. The molecular formula is C24H23N3O3. The lowest BCUT2D eigenvalue weighted by Gasteiger charge is -2.10. The van der Waals surface area contributed by atoms with Crippen LogP contribution < -0.4 is 15.5 Å². The smallest absolute Gasteiger partial charge is 0.271 e. The van der Waals surface area contributed by atoms with E-state index in [-0.39, 0.29) is 18.4 Å². The molecule has 0 bridgehead atoms. The van der Waals surface area contributed by atoms with Crippen LogP contribution in [-0.2, 0) is 4.79 Å². The molecule has 0 aliphatic carbocycles. The summed E-state index contributed by atoms with van der Waals surface area (Å²) < 4.78 is 5.58. The Morgan fingerprint density at radius 2 is 1.77 bits per heavy atom. The number of nitrogens with zero attached hydrogens (tertiary/aromatic N) is 1. The van der Waals surface area contributed by atoms with Gasteiger partial charge in [0.2, 0.25) is 0 Å². The molecule has 0 atom stereocenters. The highest BCUT2D eigenvalue weighted by atomic mass is 16.5. The lowest BCUT2D eigenvalue weighted by Crippen LogP contribution is -2.20. The number of rotatable bonds is 7. The van der Waals surface area contributed by atoms with Gasteiger partial charge in [-0.25, -0.2) is 5.43 Å². The van der Waals surface area contributed by atoms with Gasteiger partial charge in [-0.15, -0.1) is 0 Å². The Bertz CT molecular complexity index is 1060. The average Bonchev–Trinajstić information content (AvgIpc) is 2.75. The minimum Gasteiger partial charge on any atom is -0.484 e. The monoisotopic (exact) mass is 401 g/mol. The van der Waals surface area contributed by atoms with Gasteiger partial charge in [-0.1, -0.05) is 48.0 Å². The highest BCUT2D eigenvalue weighted by molar-refractivity contribution is 5.95. The van der Waals surface area contributed by atoms with Gasteiger partial charge in [-0.2, -0.15) is 5.10 Å². The molecule has 2 N–H and O–H groups in total. The second kappa shape index (κ2) is 10.0. The predicted molar refractivity (Wildman–Crippen MR) is 118 cm³/mol. The van der Waals surface area contributed by atoms with E-state index in [4.69, 9.17) is 4.74 Å². The number of anilines is 1. The van der Waals surface area contributed by atoms with E-state index in [1.54, 1.807) is 42.5 Å². The average molecular weight is 401 g/mol. The third kappa shape index (κ3) is 6.04. The number of carbonyl (C=O) groups excluding carboxylic acids is 2. The molecule has 6 nitrogen and oxygen atoms in total. The summed E-state index contributed by atoms with van der Waals surface area (Å²) in [6.07, 6.45) is 1.52. The van der Waals surface area contributed by atoms with Crippen LogP contribution in [0.5, 0.6) is 5.75 Å². The van der Waals surface area contributed by atoms with Gasteiger partial charge in [0.05, 0.1) is 6.21 Å². The molecule has 0 aromatic heterocycles. The van der Waals surface area contributed by atoms with E-state index in [1.165, 1.54) is 6.21 Å². The predicted octanol–water partition coefficient (Wildman–Crippen LogP) is 4.08. The van der Waals surface area contributed by atoms with E-state index in [0.717, 1.165) is 22.4 Å². The van der Waals surface area contributed by atoms with E-state index in [0.29, 0.717) is 11.3 Å². The minimum atomic E-state index is -0.290. The van der Waals surface area contributed by atoms with Crippen LogP contribution in [0, 0.1) is 13.8 Å². The number of aryl methyl sites for hydroxylation is 2. The van der Waals surface area contributed by atoms with Crippen molar-refractivity contribution in [1.82, 2.24) is 5.43 Å². The topological polar surface area (TPSA) is 79.8 Å². The van der Waals surface area contributed by atoms with Crippen LogP contribution >= 0.6 is 0 Å². The molecule has 3 aromatic rings. The highest BCUT2D eigenvalue weighted by Crippen LogP contribution is 2.16. The molecule has 0 aliphatic heterocycles. The maximum Gasteiger partial charge on any atom is 0.271 e. The molecule has 3 aromatic carbocycles. The molecule has 0 fully saturated rings. The largest absolute Gasteiger partial charge is 0.484 e. The van der Waals surface area contributed by atoms with Gasteiger partial charge in [0.1, 0.15) is 5.75 Å². The quantitative estimate of drug-likeness (QED) is 0.462. The van der Waals surface area contributed by atoms with Crippen LogP contribution in [0.2, 0.25) is 0 Å². The van der Waals surface area contributed by atoms with Crippen LogP contribution in [0.4, 0.5) is 5.69 Å². The summed E-state index contributed by atoms with van der Waals surface area (Å²) in [5.41, 5.74) is 6.65. The zero-order valence-electron chi connectivity index (χ0n) is 16.9. The molecule has 0 heterocycles. The second-order valence-corrected chi connectivity index (χ2v) is 6.79. The van der Waals surface area contributed by atoms with Crippen LogP contribution in [0.1, 0.15) is 27.0 Å². The van der Waals surface area contributed by atoms with Crippen molar-refractivity contribution in [3.05, 3.63) is 95.1 Å². The van der Waals surface area contributed by atoms with E-state index >= 15 is 0 Å². The number of hydrazone groups is 1. The van der Waals surface area contributed by atoms with Gasteiger partial charge in [0.15, 0.2) is 6.61 Å². The summed E-state index contributed by atoms with van der Waals surface area (Å²) in [4.78, 5) is 24.2. The minimum absolute atomic E-state index is 0.112. The van der Waals surface area contributed by atoms with Crippen LogP contribution in [-0.4, -0.2) is 24.6 Å². The molecule has 0 spiro atoms. The standard InChI is InChI=1S/C24H23N3O3/c1-17-11-12-22(18(2)13-17)26-23(28)16-30-21-10-6-7-19(14-21)15-25-27-24(29)20-8-4-3-5-9-20/h3-15H,16H2,1-2H3,(H,26,28)(H,27,29)/b25-15+. The van der Waals surface area contributed by atoms with Crippen LogP contribution in [0.3, 0.4) is 0 Å². The molecule has 0 radical (unpaired) electrons. The Morgan fingerprint density at radius 3 is 2.53 bits per heavy atom. The molecule has 3 rings (SSSR count). The van der Waals surface area contributed by atoms with Crippen molar-refractivity contribution in [3.63, 3.8) is 0 Å². The molecule has 0 saturated carbocycles. The summed E-state index contributed by atoms with van der Waals surface area (Å²) >= 11 is 0. The molecule has 30 heavy (non-hydrogen) atoms. The number of hydrogen-bond acceptors (Lipinski definition) is 4. The molecule has 2 amide bonds. The molecule has 0 saturated heterocycles. The zero-order valence-corrected chi connectivity index (χ0v) is 16.9. The first-order valence-electron chi connectivity index (χ1n) is 9.50. The van der Waals surface area contributed by atoms with Crippen molar-refractivity contribution in [2.75, 3.05) is 11.9 Å². The van der Waals surface area contributed by atoms with Gasteiger partial charge in [-0.3, -0.25) is 9.59 Å². The zero-order chi connectivity index (χ0) is 21.3. The lowest BCUT2D eigenvalue weighted by atomic mass is 10.1. The Morgan fingerprint density at radius 1 is 0.967 bits per heavy atom. The van der Waals surface area contributed by atoms with Crippen LogP contribution in [0.15, 0.2) is 77.9 Å². The normalized spacial score (nSPS) is 10.6. The Labute approximate surface area is 175 Å². The maximum atomic E-state index is 12.2. The molecular weight excluding hydrogens is 378 g/mol. The summed E-state index contributed by atoms with van der Waals surface area (Å²) in [5, 5.41) is 6.81. The number of amides is 2. The highest BCUT2D eigenvalue weighted by Gasteiger charge is 2.06. The van der Waals surface area contributed by atoms with E-state index < -0.39 is 0 Å². The van der Waals surface area contributed by atoms with Crippen LogP contribution in [0.25, 0.3) is 0 Å². The van der Waals surface area contributed by atoms with Crippen molar-refractivity contribution in [2.45, 2.75) is 13.8 Å². The Balaban J connectivity index is 1.52. The SMILES string of the molecule is Cc1ccc(NC(=O)COc2cccc(/C=N/NC(=O)c3ccccc3)c2)c(C)c1. The van der Waals surface area contributed by atoms with E-state index in [2.05, 4.69) is 15.8 Å². The van der Waals surface area contributed by atoms with Gasteiger partial charge in [0, 0.05) is 11.3 Å². The fourth-order valence-electron chi connectivity index (χ4n) is 2.79. The molecule has 152 valence electrons. The van der Waals surface area contributed by atoms with E-state index in [1.807, 2.05) is 44.2 Å². The van der Waals surface area contributed by atoms with Gasteiger partial charge >= 0.3 is 0 Å². The Kier molecular flexibility index (Phi) is 6.95. The first kappa shape index (κ1) is 20.8. The van der Waals surface area contributed by atoms with Crippen molar-refractivity contribution in [3.8, 4) is 5.75 Å². The van der Waals surface area contributed by atoms with Gasteiger partial charge in [0.25, 0.3) is 11.8 Å². The number of hydrogen-bond donors (Lipinski definition) is 2. The summed E-state index contributed by atoms with van der Waals surface area (Å²) in [5.74, 6) is 0.00239.